The molecule has 0 bridgehead atoms. The summed E-state index contributed by atoms with van der Waals surface area (Å²) in [5, 5.41) is 0. The summed E-state index contributed by atoms with van der Waals surface area (Å²) in [6.07, 6.45) is 5.45. The van der Waals surface area contributed by atoms with Gasteiger partial charge in [-0.2, -0.15) is 0 Å². The number of hydrogen-bond acceptors (Lipinski definition) is 3. The van der Waals surface area contributed by atoms with Gasteiger partial charge in [-0.05, 0) is 49.2 Å². The van der Waals surface area contributed by atoms with Crippen molar-refractivity contribution in [2.24, 2.45) is 0 Å². The Morgan fingerprint density at radius 3 is 2.59 bits per heavy atom. The lowest BCUT2D eigenvalue weighted by Gasteiger charge is -2.33. The van der Waals surface area contributed by atoms with Crippen LogP contribution in [-0.4, -0.2) is 28.0 Å². The minimum atomic E-state index is -0.273. The number of aromatic nitrogens is 2. The number of piperidine rings is 1. The Bertz CT molecular complexity index is 911. The predicted octanol–water partition coefficient (Wildman–Crippen LogP) is 4.80. The van der Waals surface area contributed by atoms with Crippen molar-refractivity contribution in [3.63, 3.8) is 0 Å². The Morgan fingerprint density at radius 2 is 1.78 bits per heavy atom. The fourth-order valence-electron chi connectivity index (χ4n) is 3.78. The fourth-order valence-corrected chi connectivity index (χ4v) is 3.78. The highest BCUT2D eigenvalue weighted by molar-refractivity contribution is 5.62. The molecule has 27 heavy (non-hydrogen) atoms. The van der Waals surface area contributed by atoms with Gasteiger partial charge < -0.3 is 0 Å². The molecule has 0 N–H and O–H groups in total. The summed E-state index contributed by atoms with van der Waals surface area (Å²) < 4.78 is 26.8. The lowest BCUT2D eigenvalue weighted by molar-refractivity contribution is 0.198. The van der Waals surface area contributed by atoms with Gasteiger partial charge in [-0.3, -0.25) is 14.9 Å². The van der Waals surface area contributed by atoms with Crippen LogP contribution in [0.2, 0.25) is 0 Å². The quantitative estimate of drug-likeness (QED) is 0.665. The molecule has 4 rings (SSSR count). The van der Waals surface area contributed by atoms with Crippen LogP contribution < -0.4 is 0 Å². The van der Waals surface area contributed by atoms with Gasteiger partial charge in [-0.1, -0.05) is 24.3 Å². The van der Waals surface area contributed by atoms with Crippen LogP contribution in [0.4, 0.5) is 8.78 Å². The van der Waals surface area contributed by atoms with E-state index in [2.05, 4.69) is 14.9 Å². The van der Waals surface area contributed by atoms with E-state index in [4.69, 9.17) is 0 Å². The summed E-state index contributed by atoms with van der Waals surface area (Å²) >= 11 is 0. The Kier molecular flexibility index (Phi) is 5.21. The summed E-state index contributed by atoms with van der Waals surface area (Å²) in [4.78, 5) is 11.5. The molecule has 1 aromatic heterocycles. The topological polar surface area (TPSA) is 29.0 Å². The maximum atomic E-state index is 13.7. The van der Waals surface area contributed by atoms with E-state index in [1.807, 2.05) is 18.2 Å². The predicted molar refractivity (Wildman–Crippen MR) is 101 cm³/mol. The van der Waals surface area contributed by atoms with Gasteiger partial charge in [0.2, 0.25) is 0 Å². The molecule has 0 amide bonds. The number of likely N-dealkylation sites (tertiary alicyclic amines) is 1. The minimum absolute atomic E-state index is 0.213. The van der Waals surface area contributed by atoms with Gasteiger partial charge in [0.25, 0.3) is 0 Å². The van der Waals surface area contributed by atoms with Crippen LogP contribution in [0.1, 0.15) is 30.0 Å². The summed E-state index contributed by atoms with van der Waals surface area (Å²) in [5.74, 6) is -0.244. The van der Waals surface area contributed by atoms with E-state index in [1.165, 1.54) is 24.3 Å². The molecular weight excluding hydrogens is 344 g/mol. The van der Waals surface area contributed by atoms with Crippen LogP contribution in [-0.2, 0) is 6.54 Å². The third kappa shape index (κ3) is 4.19. The standard InChI is InChI=1S/C22H21F2N3/c23-19-8-6-16(7-9-19)14-27-12-2-4-18(15-27)22-21(25-10-11-26-22)17-3-1-5-20(24)13-17/h1,3,5-11,13,18H,2,4,12,14-15H2/t18-/m1/s1. The molecule has 1 aliphatic heterocycles. The number of nitrogens with zero attached hydrogens (tertiary/aromatic N) is 3. The van der Waals surface area contributed by atoms with Gasteiger partial charge in [-0.25, -0.2) is 8.78 Å². The van der Waals surface area contributed by atoms with Crippen LogP contribution in [0.25, 0.3) is 11.3 Å². The Balaban J connectivity index is 1.56. The Morgan fingerprint density at radius 1 is 0.963 bits per heavy atom. The van der Waals surface area contributed by atoms with Crippen LogP contribution >= 0.6 is 0 Å². The first-order valence-electron chi connectivity index (χ1n) is 9.23. The minimum Gasteiger partial charge on any atom is -0.298 e. The van der Waals surface area contributed by atoms with Gasteiger partial charge in [-0.15, -0.1) is 0 Å². The van der Waals surface area contributed by atoms with Crippen LogP contribution in [0, 0.1) is 11.6 Å². The maximum Gasteiger partial charge on any atom is 0.123 e. The molecule has 1 aliphatic rings. The number of benzene rings is 2. The van der Waals surface area contributed by atoms with Crippen molar-refractivity contribution < 1.29 is 8.78 Å². The average molecular weight is 365 g/mol. The molecule has 0 radical (unpaired) electrons. The SMILES string of the molecule is Fc1ccc(CN2CCC[C@@H](c3nccnc3-c3cccc(F)c3)C2)cc1. The Hall–Kier alpha value is -2.66. The van der Waals surface area contributed by atoms with Crippen molar-refractivity contribution in [2.45, 2.75) is 25.3 Å². The van der Waals surface area contributed by atoms with Crippen molar-refractivity contribution in [2.75, 3.05) is 13.1 Å². The highest BCUT2D eigenvalue weighted by Crippen LogP contribution is 2.32. The first kappa shape index (κ1) is 17.7. The van der Waals surface area contributed by atoms with Gasteiger partial charge in [0, 0.05) is 37.0 Å². The summed E-state index contributed by atoms with van der Waals surface area (Å²) in [5.41, 5.74) is 3.54. The van der Waals surface area contributed by atoms with Gasteiger partial charge in [0.1, 0.15) is 11.6 Å². The zero-order valence-electron chi connectivity index (χ0n) is 15.0. The van der Waals surface area contributed by atoms with E-state index < -0.39 is 0 Å². The molecule has 1 fully saturated rings. The largest absolute Gasteiger partial charge is 0.298 e. The molecular formula is C22H21F2N3. The molecule has 0 unspecified atom stereocenters. The van der Waals surface area contributed by atoms with E-state index in [0.717, 1.165) is 55.0 Å². The van der Waals surface area contributed by atoms with Crippen molar-refractivity contribution in [3.8, 4) is 11.3 Å². The molecule has 3 aromatic rings. The summed E-state index contributed by atoms with van der Waals surface area (Å²) in [6.45, 7) is 2.65. The number of hydrogen-bond donors (Lipinski definition) is 0. The first-order chi connectivity index (χ1) is 13.2. The fraction of sp³-hybridized carbons (Fsp3) is 0.273. The maximum absolute atomic E-state index is 13.7. The smallest absolute Gasteiger partial charge is 0.123 e. The normalized spacial score (nSPS) is 17.8. The molecule has 0 aliphatic carbocycles. The third-order valence-corrected chi connectivity index (χ3v) is 5.04. The Labute approximate surface area is 157 Å². The monoisotopic (exact) mass is 365 g/mol. The number of rotatable bonds is 4. The lowest BCUT2D eigenvalue weighted by atomic mass is 9.91. The van der Waals surface area contributed by atoms with Crippen molar-refractivity contribution in [3.05, 3.63) is 83.8 Å². The molecule has 1 atom stereocenters. The average Bonchev–Trinajstić information content (AvgIpc) is 2.70. The van der Waals surface area contributed by atoms with Crippen LogP contribution in [0.3, 0.4) is 0 Å². The van der Waals surface area contributed by atoms with E-state index in [-0.39, 0.29) is 17.6 Å². The molecule has 5 heteroatoms. The van der Waals surface area contributed by atoms with Crippen molar-refractivity contribution in [1.29, 1.82) is 0 Å². The summed E-state index contributed by atoms with van der Waals surface area (Å²) in [6, 6.07) is 13.2. The van der Waals surface area contributed by atoms with E-state index in [1.54, 1.807) is 18.5 Å². The van der Waals surface area contributed by atoms with Gasteiger partial charge >= 0.3 is 0 Å². The summed E-state index contributed by atoms with van der Waals surface area (Å²) in [7, 11) is 0. The number of halogens is 2. The lowest BCUT2D eigenvalue weighted by Crippen LogP contribution is -2.34. The molecule has 2 aromatic carbocycles. The van der Waals surface area contributed by atoms with Crippen LogP contribution in [0.5, 0.6) is 0 Å². The molecule has 2 heterocycles. The van der Waals surface area contributed by atoms with Crippen molar-refractivity contribution >= 4 is 0 Å². The van der Waals surface area contributed by atoms with Crippen molar-refractivity contribution in [1.82, 2.24) is 14.9 Å². The van der Waals surface area contributed by atoms with Gasteiger partial charge in [0.15, 0.2) is 0 Å². The van der Waals surface area contributed by atoms with Crippen LogP contribution in [0.15, 0.2) is 60.9 Å². The van der Waals surface area contributed by atoms with Gasteiger partial charge in [0.05, 0.1) is 11.4 Å². The molecule has 0 spiro atoms. The zero-order chi connectivity index (χ0) is 18.6. The molecule has 1 saturated heterocycles. The highest BCUT2D eigenvalue weighted by atomic mass is 19.1. The molecule has 138 valence electrons. The highest BCUT2D eigenvalue weighted by Gasteiger charge is 2.25. The molecule has 0 saturated carbocycles. The second kappa shape index (κ2) is 7.92. The first-order valence-corrected chi connectivity index (χ1v) is 9.23. The zero-order valence-corrected chi connectivity index (χ0v) is 15.0. The van der Waals surface area contributed by atoms with E-state index >= 15 is 0 Å². The van der Waals surface area contributed by atoms with E-state index in [9.17, 15) is 8.78 Å². The molecule has 3 nitrogen and oxygen atoms in total. The van der Waals surface area contributed by atoms with E-state index in [0.29, 0.717) is 0 Å². The second-order valence-corrected chi connectivity index (χ2v) is 7.00. The third-order valence-electron chi connectivity index (χ3n) is 5.04. The second-order valence-electron chi connectivity index (χ2n) is 7.00.